The molecule has 1 unspecified atom stereocenters. The maximum absolute atomic E-state index is 9.58. The molecule has 0 rings (SSSR count). The van der Waals surface area contributed by atoms with Crippen LogP contribution in [0.15, 0.2) is 0 Å². The van der Waals surface area contributed by atoms with Gasteiger partial charge >= 0.3 is 0 Å². The third-order valence-electron chi connectivity index (χ3n) is 1.99. The van der Waals surface area contributed by atoms with E-state index >= 15 is 0 Å². The minimum absolute atomic E-state index is 0.348. The number of rotatable bonds is 8. The summed E-state index contributed by atoms with van der Waals surface area (Å²) in [7, 11) is 1.57. The molecule has 1 atom stereocenters. The second-order valence-electron chi connectivity index (χ2n) is 4.17. The van der Waals surface area contributed by atoms with Gasteiger partial charge in [0.1, 0.15) is 0 Å². The first-order chi connectivity index (χ1) is 7.10. The van der Waals surface area contributed by atoms with Crippen molar-refractivity contribution in [3.8, 4) is 6.07 Å². The van der Waals surface area contributed by atoms with E-state index in [4.69, 9.17) is 10.00 Å². The van der Waals surface area contributed by atoms with Gasteiger partial charge in [0.05, 0.1) is 18.8 Å². The van der Waals surface area contributed by atoms with Crippen LogP contribution in [-0.4, -0.2) is 49.5 Å². The molecule has 0 amide bonds. The molecule has 0 saturated carbocycles. The molecule has 0 heterocycles. The molecule has 0 aromatic carbocycles. The lowest BCUT2D eigenvalue weighted by atomic mass is 10.2. The minimum Gasteiger partial charge on any atom is -0.389 e. The largest absolute Gasteiger partial charge is 0.389 e. The van der Waals surface area contributed by atoms with Gasteiger partial charge in [-0.15, -0.1) is 0 Å². The first-order valence-corrected chi connectivity index (χ1v) is 5.36. The molecule has 15 heavy (non-hydrogen) atoms. The number of ether oxygens (including phenoxy) is 1. The molecular weight excluding hydrogens is 192 g/mol. The van der Waals surface area contributed by atoms with Crippen LogP contribution >= 0.6 is 0 Å². The topological polar surface area (TPSA) is 56.5 Å². The van der Waals surface area contributed by atoms with Crippen molar-refractivity contribution in [3.05, 3.63) is 0 Å². The van der Waals surface area contributed by atoms with Gasteiger partial charge in [-0.05, 0) is 5.92 Å². The summed E-state index contributed by atoms with van der Waals surface area (Å²) in [6.07, 6.45) is 0.0410. The quantitative estimate of drug-likeness (QED) is 0.651. The van der Waals surface area contributed by atoms with Crippen LogP contribution in [0.1, 0.15) is 20.3 Å². The van der Waals surface area contributed by atoms with Crippen molar-refractivity contribution in [2.24, 2.45) is 5.92 Å². The second-order valence-corrected chi connectivity index (χ2v) is 4.17. The van der Waals surface area contributed by atoms with E-state index in [1.54, 1.807) is 7.11 Å². The normalized spacial score (nSPS) is 13.1. The highest BCUT2D eigenvalue weighted by atomic mass is 16.5. The molecule has 4 nitrogen and oxygen atoms in total. The van der Waals surface area contributed by atoms with Crippen LogP contribution in [0.2, 0.25) is 0 Å². The Labute approximate surface area is 92.4 Å². The van der Waals surface area contributed by atoms with E-state index in [0.717, 1.165) is 13.1 Å². The van der Waals surface area contributed by atoms with Gasteiger partial charge in [0, 0.05) is 33.2 Å². The summed E-state index contributed by atoms with van der Waals surface area (Å²) < 4.78 is 4.87. The second kappa shape index (κ2) is 8.66. The highest BCUT2D eigenvalue weighted by molar-refractivity contribution is 4.74. The predicted octanol–water partition coefficient (Wildman–Crippen LogP) is 0.865. The van der Waals surface area contributed by atoms with Crippen LogP contribution in [0.4, 0.5) is 0 Å². The first kappa shape index (κ1) is 14.4. The highest BCUT2D eigenvalue weighted by Gasteiger charge is 2.12. The standard InChI is InChI=1S/C11H22N2O2/c1-10(2)7-13(6-4-5-12)8-11(14)9-15-3/h10-11,14H,4,6-9H2,1-3H3. The number of hydrogen-bond acceptors (Lipinski definition) is 4. The number of nitriles is 1. The maximum atomic E-state index is 9.58. The Balaban J connectivity index is 3.94. The predicted molar refractivity (Wildman–Crippen MR) is 59.4 cm³/mol. The maximum Gasteiger partial charge on any atom is 0.0900 e. The summed E-state index contributed by atoms with van der Waals surface area (Å²) in [4.78, 5) is 2.11. The Bertz CT molecular complexity index is 190. The van der Waals surface area contributed by atoms with Crippen LogP contribution < -0.4 is 0 Å². The van der Waals surface area contributed by atoms with Crippen molar-refractivity contribution in [1.82, 2.24) is 4.90 Å². The lowest BCUT2D eigenvalue weighted by Crippen LogP contribution is -2.37. The average Bonchev–Trinajstić information content (AvgIpc) is 2.13. The Hall–Kier alpha value is -0.630. The van der Waals surface area contributed by atoms with E-state index in [9.17, 15) is 5.11 Å². The van der Waals surface area contributed by atoms with Crippen molar-refractivity contribution in [1.29, 1.82) is 5.26 Å². The highest BCUT2D eigenvalue weighted by Crippen LogP contribution is 2.01. The summed E-state index contributed by atoms with van der Waals surface area (Å²) in [6.45, 7) is 6.80. The molecule has 0 aromatic rings. The summed E-state index contributed by atoms with van der Waals surface area (Å²) in [6, 6.07) is 2.12. The van der Waals surface area contributed by atoms with Gasteiger partial charge in [0.25, 0.3) is 0 Å². The molecule has 0 aliphatic heterocycles. The fourth-order valence-electron chi connectivity index (χ4n) is 1.52. The lowest BCUT2D eigenvalue weighted by Gasteiger charge is -2.25. The van der Waals surface area contributed by atoms with Gasteiger partial charge < -0.3 is 9.84 Å². The van der Waals surface area contributed by atoms with Gasteiger partial charge in [0.15, 0.2) is 0 Å². The average molecular weight is 214 g/mol. The van der Waals surface area contributed by atoms with Crippen molar-refractivity contribution < 1.29 is 9.84 Å². The molecule has 88 valence electrons. The van der Waals surface area contributed by atoms with E-state index in [-0.39, 0.29) is 0 Å². The van der Waals surface area contributed by atoms with Crippen LogP contribution in [0.25, 0.3) is 0 Å². The van der Waals surface area contributed by atoms with Crippen molar-refractivity contribution in [3.63, 3.8) is 0 Å². The van der Waals surface area contributed by atoms with Gasteiger partial charge in [-0.2, -0.15) is 5.26 Å². The van der Waals surface area contributed by atoms with Crippen molar-refractivity contribution >= 4 is 0 Å². The Morgan fingerprint density at radius 1 is 1.40 bits per heavy atom. The number of hydrogen-bond donors (Lipinski definition) is 1. The van der Waals surface area contributed by atoms with Crippen LogP contribution in [0.5, 0.6) is 0 Å². The van der Waals surface area contributed by atoms with Crippen molar-refractivity contribution in [2.45, 2.75) is 26.4 Å². The number of methoxy groups -OCH3 is 1. The SMILES string of the molecule is COCC(O)CN(CCC#N)CC(C)C. The molecule has 0 aliphatic carbocycles. The summed E-state index contributed by atoms with van der Waals surface area (Å²) in [5.74, 6) is 0.540. The van der Waals surface area contributed by atoms with E-state index in [1.807, 2.05) is 0 Å². The van der Waals surface area contributed by atoms with E-state index in [0.29, 0.717) is 25.5 Å². The molecule has 0 spiro atoms. The molecule has 0 bridgehead atoms. The molecule has 0 aliphatic rings. The smallest absolute Gasteiger partial charge is 0.0900 e. The Morgan fingerprint density at radius 3 is 2.53 bits per heavy atom. The molecular formula is C11H22N2O2. The third-order valence-corrected chi connectivity index (χ3v) is 1.99. The Kier molecular flexibility index (Phi) is 8.30. The fourth-order valence-corrected chi connectivity index (χ4v) is 1.52. The fraction of sp³-hybridized carbons (Fsp3) is 0.909. The molecule has 1 N–H and O–H groups in total. The summed E-state index contributed by atoms with van der Waals surface area (Å²) >= 11 is 0. The van der Waals surface area contributed by atoms with E-state index in [1.165, 1.54) is 0 Å². The summed E-state index contributed by atoms with van der Waals surface area (Å²) in [5, 5.41) is 18.1. The molecule has 4 heteroatoms. The summed E-state index contributed by atoms with van der Waals surface area (Å²) in [5.41, 5.74) is 0. The van der Waals surface area contributed by atoms with Gasteiger partial charge in [-0.1, -0.05) is 13.8 Å². The van der Waals surface area contributed by atoms with Gasteiger partial charge in [-0.25, -0.2) is 0 Å². The third kappa shape index (κ3) is 8.37. The van der Waals surface area contributed by atoms with E-state index < -0.39 is 6.10 Å². The zero-order chi connectivity index (χ0) is 11.7. The minimum atomic E-state index is -0.465. The van der Waals surface area contributed by atoms with Gasteiger partial charge in [0.2, 0.25) is 0 Å². The molecule has 0 aromatic heterocycles. The first-order valence-electron chi connectivity index (χ1n) is 5.36. The van der Waals surface area contributed by atoms with Crippen molar-refractivity contribution in [2.75, 3.05) is 33.4 Å². The molecule has 0 radical (unpaired) electrons. The zero-order valence-corrected chi connectivity index (χ0v) is 9.94. The van der Waals surface area contributed by atoms with Crippen LogP contribution in [0.3, 0.4) is 0 Å². The van der Waals surface area contributed by atoms with Crippen LogP contribution in [0, 0.1) is 17.2 Å². The Morgan fingerprint density at radius 2 is 2.07 bits per heavy atom. The monoisotopic (exact) mass is 214 g/mol. The number of nitrogens with zero attached hydrogens (tertiary/aromatic N) is 2. The number of aliphatic hydroxyl groups is 1. The lowest BCUT2D eigenvalue weighted by molar-refractivity contribution is 0.0356. The number of aliphatic hydroxyl groups excluding tert-OH is 1. The van der Waals surface area contributed by atoms with Gasteiger partial charge in [-0.3, -0.25) is 4.90 Å². The zero-order valence-electron chi connectivity index (χ0n) is 9.94. The molecule has 0 saturated heterocycles. The van der Waals surface area contributed by atoms with Crippen LogP contribution in [-0.2, 0) is 4.74 Å². The molecule has 0 fully saturated rings. The van der Waals surface area contributed by atoms with E-state index in [2.05, 4.69) is 24.8 Å².